The highest BCUT2D eigenvalue weighted by Crippen LogP contribution is 2.39. The zero-order valence-electron chi connectivity index (χ0n) is 15.5. The van der Waals surface area contributed by atoms with Crippen molar-refractivity contribution in [3.05, 3.63) is 51.5 Å². The minimum atomic E-state index is -0.327. The van der Waals surface area contributed by atoms with Crippen molar-refractivity contribution in [3.63, 3.8) is 0 Å². The van der Waals surface area contributed by atoms with Gasteiger partial charge in [0.25, 0.3) is 5.91 Å². The Balaban J connectivity index is 1.62. The quantitative estimate of drug-likeness (QED) is 0.655. The number of fused-ring (bicyclic) bond motifs is 1. The molecule has 1 aromatic carbocycles. The number of nitrogens with zero attached hydrogens (tertiary/aromatic N) is 2. The van der Waals surface area contributed by atoms with Gasteiger partial charge in [-0.1, -0.05) is 29.8 Å². The summed E-state index contributed by atoms with van der Waals surface area (Å²) in [6.07, 6.45) is 2.26. The molecule has 0 unspecified atom stereocenters. The number of nitrogens with two attached hydrogens (primary N) is 1. The van der Waals surface area contributed by atoms with E-state index >= 15 is 0 Å². The van der Waals surface area contributed by atoms with Gasteiger partial charge in [-0.3, -0.25) is 9.48 Å². The first-order valence-corrected chi connectivity index (χ1v) is 10.3. The highest BCUT2D eigenvalue weighted by Gasteiger charge is 2.41. The average molecular weight is 403 g/mol. The number of hydrogen-bond donors (Lipinski definition) is 2. The lowest BCUT2D eigenvalue weighted by atomic mass is 9.96. The van der Waals surface area contributed by atoms with Crippen LogP contribution in [-0.2, 0) is 6.54 Å². The predicted octanol–water partition coefficient (Wildman–Crippen LogP) is 3.97. The maximum absolute atomic E-state index is 12.8. The SMILES string of the molecule is Cc1nn(Cc2ccccc2Cl)c2sc(C(=O)N[C@](C)(CN)C3CC3)cc12. The number of thiophene rings is 1. The second-order valence-corrected chi connectivity index (χ2v) is 8.95. The third-order valence-electron chi connectivity index (χ3n) is 5.41. The molecule has 0 spiro atoms. The molecule has 1 atom stereocenters. The molecule has 1 aliphatic carbocycles. The Bertz CT molecular complexity index is 1010. The number of nitrogens with one attached hydrogen (secondary N) is 1. The molecule has 1 fully saturated rings. The van der Waals surface area contributed by atoms with Gasteiger partial charge in [0.15, 0.2) is 0 Å². The van der Waals surface area contributed by atoms with Gasteiger partial charge < -0.3 is 11.1 Å². The van der Waals surface area contributed by atoms with Crippen LogP contribution in [0.2, 0.25) is 5.02 Å². The van der Waals surface area contributed by atoms with Crippen molar-refractivity contribution >= 4 is 39.1 Å². The van der Waals surface area contributed by atoms with Crippen molar-refractivity contribution in [1.29, 1.82) is 0 Å². The molecule has 4 rings (SSSR count). The molecule has 7 heteroatoms. The van der Waals surface area contributed by atoms with Crippen LogP contribution in [0.15, 0.2) is 30.3 Å². The molecule has 27 heavy (non-hydrogen) atoms. The van der Waals surface area contributed by atoms with E-state index in [0.29, 0.717) is 23.9 Å². The summed E-state index contributed by atoms with van der Waals surface area (Å²) in [6.45, 7) is 5.04. The van der Waals surface area contributed by atoms with Crippen LogP contribution >= 0.6 is 22.9 Å². The molecular weight excluding hydrogens is 380 g/mol. The smallest absolute Gasteiger partial charge is 0.261 e. The number of benzene rings is 1. The molecular formula is C20H23ClN4OS. The van der Waals surface area contributed by atoms with E-state index < -0.39 is 0 Å². The maximum atomic E-state index is 12.8. The molecule has 1 aliphatic rings. The minimum absolute atomic E-state index is 0.0558. The molecule has 1 saturated carbocycles. The van der Waals surface area contributed by atoms with E-state index in [1.807, 2.05) is 48.9 Å². The minimum Gasteiger partial charge on any atom is -0.345 e. The zero-order valence-corrected chi connectivity index (χ0v) is 17.0. The Morgan fingerprint density at radius 1 is 1.44 bits per heavy atom. The van der Waals surface area contributed by atoms with Crippen molar-refractivity contribution in [1.82, 2.24) is 15.1 Å². The summed E-state index contributed by atoms with van der Waals surface area (Å²) >= 11 is 7.76. The van der Waals surface area contributed by atoms with Crippen molar-refractivity contribution in [2.75, 3.05) is 6.54 Å². The molecule has 5 nitrogen and oxygen atoms in total. The van der Waals surface area contributed by atoms with Crippen LogP contribution in [0.3, 0.4) is 0 Å². The van der Waals surface area contributed by atoms with Crippen molar-refractivity contribution in [2.45, 2.75) is 38.8 Å². The van der Waals surface area contributed by atoms with Crippen LogP contribution in [0.25, 0.3) is 10.2 Å². The van der Waals surface area contributed by atoms with Crippen LogP contribution in [0.5, 0.6) is 0 Å². The van der Waals surface area contributed by atoms with Gasteiger partial charge in [-0.05, 0) is 50.3 Å². The normalized spacial score (nSPS) is 16.4. The van der Waals surface area contributed by atoms with Gasteiger partial charge in [0.1, 0.15) is 4.83 Å². The Morgan fingerprint density at radius 3 is 2.85 bits per heavy atom. The molecule has 142 valence electrons. The van der Waals surface area contributed by atoms with Crippen LogP contribution in [0, 0.1) is 12.8 Å². The monoisotopic (exact) mass is 402 g/mol. The first kappa shape index (κ1) is 18.5. The van der Waals surface area contributed by atoms with Crippen LogP contribution < -0.4 is 11.1 Å². The summed E-state index contributed by atoms with van der Waals surface area (Å²) in [7, 11) is 0. The zero-order chi connectivity index (χ0) is 19.2. The van der Waals surface area contributed by atoms with Gasteiger partial charge in [0, 0.05) is 17.0 Å². The second kappa shape index (κ2) is 6.93. The molecule has 2 aromatic heterocycles. The van der Waals surface area contributed by atoms with Gasteiger partial charge in [-0.15, -0.1) is 11.3 Å². The highest BCUT2D eigenvalue weighted by atomic mass is 35.5. The number of aryl methyl sites for hydroxylation is 1. The fourth-order valence-corrected chi connectivity index (χ4v) is 4.73. The Hall–Kier alpha value is -1.89. The standard InChI is InChI=1S/C20H23ClN4OS/c1-12-15-9-17(18(26)23-20(2,11-22)14-7-8-14)27-19(15)25(24-12)10-13-5-3-4-6-16(13)21/h3-6,9,14H,7-8,10-11,22H2,1-2H3,(H,23,26)/t20-/m1/s1. The number of carbonyl (C=O) groups is 1. The first-order valence-electron chi connectivity index (χ1n) is 9.14. The molecule has 2 heterocycles. The van der Waals surface area contributed by atoms with E-state index in [4.69, 9.17) is 17.3 Å². The van der Waals surface area contributed by atoms with E-state index in [0.717, 1.165) is 39.3 Å². The first-order chi connectivity index (χ1) is 12.9. The average Bonchev–Trinajstić information content (AvgIpc) is 3.35. The number of halogens is 1. The van der Waals surface area contributed by atoms with Gasteiger partial charge in [0.2, 0.25) is 0 Å². The summed E-state index contributed by atoms with van der Waals surface area (Å²) in [4.78, 5) is 14.5. The lowest BCUT2D eigenvalue weighted by molar-refractivity contribution is 0.0902. The van der Waals surface area contributed by atoms with E-state index in [2.05, 4.69) is 10.4 Å². The molecule has 0 radical (unpaired) electrons. The number of aromatic nitrogens is 2. The van der Waals surface area contributed by atoms with Gasteiger partial charge in [-0.2, -0.15) is 5.10 Å². The summed E-state index contributed by atoms with van der Waals surface area (Å²) < 4.78 is 1.93. The predicted molar refractivity (Wildman–Crippen MR) is 111 cm³/mol. The van der Waals surface area contributed by atoms with E-state index in [-0.39, 0.29) is 11.4 Å². The van der Waals surface area contributed by atoms with Gasteiger partial charge in [0.05, 0.1) is 22.7 Å². The fraction of sp³-hybridized carbons (Fsp3) is 0.400. The third kappa shape index (κ3) is 3.49. The van der Waals surface area contributed by atoms with E-state index in [1.54, 1.807) is 0 Å². The number of amides is 1. The second-order valence-electron chi connectivity index (χ2n) is 7.51. The Labute approximate surface area is 167 Å². The molecule has 0 aliphatic heterocycles. The van der Waals surface area contributed by atoms with E-state index in [1.165, 1.54) is 11.3 Å². The number of rotatable bonds is 6. The lowest BCUT2D eigenvalue weighted by Gasteiger charge is -2.29. The largest absolute Gasteiger partial charge is 0.345 e. The van der Waals surface area contributed by atoms with E-state index in [9.17, 15) is 4.79 Å². The maximum Gasteiger partial charge on any atom is 0.261 e. The summed E-state index contributed by atoms with van der Waals surface area (Å²) in [5, 5.41) is 9.53. The Morgan fingerprint density at radius 2 is 2.19 bits per heavy atom. The topological polar surface area (TPSA) is 72.9 Å². The third-order valence-corrected chi connectivity index (χ3v) is 6.93. The van der Waals surface area contributed by atoms with Gasteiger partial charge >= 0.3 is 0 Å². The molecule has 0 bridgehead atoms. The summed E-state index contributed by atoms with van der Waals surface area (Å²) in [5.41, 5.74) is 7.53. The lowest BCUT2D eigenvalue weighted by Crippen LogP contribution is -2.53. The van der Waals surface area contributed by atoms with Crippen LogP contribution in [-0.4, -0.2) is 27.8 Å². The van der Waals surface area contributed by atoms with Crippen LogP contribution in [0.4, 0.5) is 0 Å². The Kier molecular flexibility index (Phi) is 4.74. The highest BCUT2D eigenvalue weighted by molar-refractivity contribution is 7.20. The van der Waals surface area contributed by atoms with Crippen molar-refractivity contribution in [3.8, 4) is 0 Å². The van der Waals surface area contributed by atoms with Gasteiger partial charge in [-0.25, -0.2) is 0 Å². The van der Waals surface area contributed by atoms with Crippen molar-refractivity contribution < 1.29 is 4.79 Å². The molecule has 1 amide bonds. The molecule has 3 aromatic rings. The number of carbonyl (C=O) groups excluding carboxylic acids is 1. The van der Waals surface area contributed by atoms with Crippen molar-refractivity contribution in [2.24, 2.45) is 11.7 Å². The fourth-order valence-electron chi connectivity index (χ4n) is 3.48. The van der Waals surface area contributed by atoms with Crippen LogP contribution in [0.1, 0.15) is 40.7 Å². The molecule has 3 N–H and O–H groups in total. The summed E-state index contributed by atoms with van der Waals surface area (Å²) in [5.74, 6) is 0.429. The summed E-state index contributed by atoms with van der Waals surface area (Å²) in [6, 6.07) is 9.69. The molecule has 0 saturated heterocycles. The number of hydrogen-bond acceptors (Lipinski definition) is 4.